The standard InChI is InChI=1S/C23H25ClN6O4/c1-23(14-33-2)13-28(21(31)18-8-5-9-19(26-18)34-3)10-11-29(23)22(32)20-25-15-30(27-20)17-7-4-6-16(24)12-17/h4-9,12,15H,10-11,13-14H2,1-3H3. The van der Waals surface area contributed by atoms with Crippen molar-refractivity contribution >= 4 is 23.4 Å². The molecule has 2 amide bonds. The number of benzene rings is 1. The molecule has 0 saturated carbocycles. The van der Waals surface area contributed by atoms with E-state index in [9.17, 15) is 9.59 Å². The van der Waals surface area contributed by atoms with Crippen LogP contribution in [0.5, 0.6) is 5.88 Å². The van der Waals surface area contributed by atoms with Crippen molar-refractivity contribution in [3.63, 3.8) is 0 Å². The van der Waals surface area contributed by atoms with Crippen LogP contribution < -0.4 is 4.74 Å². The summed E-state index contributed by atoms with van der Waals surface area (Å²) in [5.74, 6) is -0.166. The number of rotatable bonds is 6. The number of carbonyl (C=O) groups is 2. The highest BCUT2D eigenvalue weighted by Gasteiger charge is 2.43. The van der Waals surface area contributed by atoms with E-state index in [1.807, 2.05) is 13.0 Å². The lowest BCUT2D eigenvalue weighted by Gasteiger charge is -2.48. The molecule has 0 bridgehead atoms. The third-order valence-corrected chi connectivity index (χ3v) is 5.91. The van der Waals surface area contributed by atoms with Crippen molar-refractivity contribution in [2.75, 3.05) is 40.5 Å². The second-order valence-electron chi connectivity index (χ2n) is 8.17. The molecule has 3 aromatic rings. The van der Waals surface area contributed by atoms with Crippen LogP contribution in [0.4, 0.5) is 0 Å². The number of piperazine rings is 1. The lowest BCUT2D eigenvalue weighted by atomic mass is 9.96. The van der Waals surface area contributed by atoms with E-state index in [2.05, 4.69) is 15.1 Å². The summed E-state index contributed by atoms with van der Waals surface area (Å²) in [7, 11) is 3.06. The van der Waals surface area contributed by atoms with Gasteiger partial charge in [-0.1, -0.05) is 23.7 Å². The van der Waals surface area contributed by atoms with Gasteiger partial charge in [0.2, 0.25) is 11.7 Å². The van der Waals surface area contributed by atoms with Crippen LogP contribution in [0.3, 0.4) is 0 Å². The van der Waals surface area contributed by atoms with Crippen LogP contribution in [-0.2, 0) is 4.74 Å². The Hall–Kier alpha value is -3.50. The Balaban J connectivity index is 1.55. The first kappa shape index (κ1) is 23.7. The van der Waals surface area contributed by atoms with Gasteiger partial charge in [0, 0.05) is 37.8 Å². The highest BCUT2D eigenvalue weighted by Crippen LogP contribution is 2.25. The van der Waals surface area contributed by atoms with Gasteiger partial charge in [-0.25, -0.2) is 14.6 Å². The van der Waals surface area contributed by atoms with Gasteiger partial charge in [0.05, 0.1) is 24.9 Å². The number of hydrogen-bond donors (Lipinski definition) is 0. The van der Waals surface area contributed by atoms with Crippen LogP contribution in [0.1, 0.15) is 28.0 Å². The molecule has 0 aliphatic carbocycles. The summed E-state index contributed by atoms with van der Waals surface area (Å²) in [6.45, 7) is 2.99. The van der Waals surface area contributed by atoms with Crippen LogP contribution >= 0.6 is 11.6 Å². The van der Waals surface area contributed by atoms with E-state index in [-0.39, 0.29) is 36.5 Å². The lowest BCUT2D eigenvalue weighted by molar-refractivity contribution is -0.0215. The Morgan fingerprint density at radius 1 is 1.12 bits per heavy atom. The van der Waals surface area contributed by atoms with E-state index in [4.69, 9.17) is 21.1 Å². The molecule has 1 saturated heterocycles. The van der Waals surface area contributed by atoms with E-state index in [0.29, 0.717) is 29.7 Å². The predicted octanol–water partition coefficient (Wildman–Crippen LogP) is 2.33. The minimum Gasteiger partial charge on any atom is -0.481 e. The molecule has 1 unspecified atom stereocenters. The Labute approximate surface area is 202 Å². The molecule has 4 rings (SSSR count). The molecular weight excluding hydrogens is 460 g/mol. The molecule has 34 heavy (non-hydrogen) atoms. The third kappa shape index (κ3) is 4.73. The zero-order valence-corrected chi connectivity index (χ0v) is 19.9. The minimum absolute atomic E-state index is 0.0524. The van der Waals surface area contributed by atoms with Crippen LogP contribution in [0.15, 0.2) is 48.8 Å². The molecule has 1 atom stereocenters. The average molecular weight is 485 g/mol. The van der Waals surface area contributed by atoms with Gasteiger partial charge in [0.1, 0.15) is 12.0 Å². The van der Waals surface area contributed by atoms with Gasteiger partial charge in [0.15, 0.2) is 0 Å². The second kappa shape index (κ2) is 9.78. The fraction of sp³-hybridized carbons (Fsp3) is 0.348. The first-order chi connectivity index (χ1) is 16.3. The molecule has 3 heterocycles. The monoisotopic (exact) mass is 484 g/mol. The summed E-state index contributed by atoms with van der Waals surface area (Å²) in [6.07, 6.45) is 1.47. The van der Waals surface area contributed by atoms with Crippen molar-refractivity contribution in [2.45, 2.75) is 12.5 Å². The molecule has 0 N–H and O–H groups in total. The lowest BCUT2D eigenvalue weighted by Crippen LogP contribution is -2.65. The average Bonchev–Trinajstić information content (AvgIpc) is 3.34. The molecule has 178 valence electrons. The number of nitrogens with zero attached hydrogens (tertiary/aromatic N) is 6. The minimum atomic E-state index is -0.792. The Bertz CT molecular complexity index is 1200. The number of hydrogen-bond acceptors (Lipinski definition) is 7. The number of amides is 2. The van der Waals surface area contributed by atoms with Gasteiger partial charge in [-0.15, -0.1) is 5.10 Å². The Morgan fingerprint density at radius 2 is 1.91 bits per heavy atom. The normalized spacial score (nSPS) is 18.1. The number of methoxy groups -OCH3 is 2. The van der Waals surface area contributed by atoms with E-state index in [1.165, 1.54) is 18.1 Å². The summed E-state index contributed by atoms with van der Waals surface area (Å²) in [5, 5.41) is 4.91. The largest absolute Gasteiger partial charge is 0.481 e. The number of halogens is 1. The quantitative estimate of drug-likeness (QED) is 0.529. The van der Waals surface area contributed by atoms with Gasteiger partial charge in [-0.2, -0.15) is 0 Å². The molecule has 2 aromatic heterocycles. The SMILES string of the molecule is COCC1(C)CN(C(=O)c2cccc(OC)n2)CCN1C(=O)c1ncn(-c2cccc(Cl)c2)n1. The van der Waals surface area contributed by atoms with Gasteiger partial charge >= 0.3 is 0 Å². The zero-order chi connectivity index (χ0) is 24.3. The van der Waals surface area contributed by atoms with Crippen LogP contribution in [0.2, 0.25) is 5.02 Å². The highest BCUT2D eigenvalue weighted by molar-refractivity contribution is 6.30. The summed E-state index contributed by atoms with van der Waals surface area (Å²) in [5.41, 5.74) is 0.181. The molecule has 1 aliphatic rings. The molecule has 1 aromatic carbocycles. The maximum absolute atomic E-state index is 13.4. The molecule has 1 aliphatic heterocycles. The van der Waals surface area contributed by atoms with Crippen molar-refractivity contribution in [1.82, 2.24) is 29.5 Å². The number of ether oxygens (including phenoxy) is 2. The predicted molar refractivity (Wildman–Crippen MR) is 124 cm³/mol. The topological polar surface area (TPSA) is 103 Å². The van der Waals surface area contributed by atoms with Crippen molar-refractivity contribution in [3.8, 4) is 11.6 Å². The van der Waals surface area contributed by atoms with Gasteiger partial charge in [-0.05, 0) is 31.2 Å². The van der Waals surface area contributed by atoms with Crippen LogP contribution in [0.25, 0.3) is 5.69 Å². The number of pyridine rings is 1. The number of aromatic nitrogens is 4. The van der Waals surface area contributed by atoms with E-state index < -0.39 is 5.54 Å². The van der Waals surface area contributed by atoms with E-state index in [0.717, 1.165) is 0 Å². The summed E-state index contributed by atoms with van der Waals surface area (Å²) in [4.78, 5) is 38.3. The van der Waals surface area contributed by atoms with Crippen molar-refractivity contribution in [3.05, 3.63) is 65.3 Å². The van der Waals surface area contributed by atoms with E-state index in [1.54, 1.807) is 53.3 Å². The summed E-state index contributed by atoms with van der Waals surface area (Å²) in [6, 6.07) is 12.1. The molecule has 11 heteroatoms. The Kier molecular flexibility index (Phi) is 6.80. The second-order valence-corrected chi connectivity index (χ2v) is 8.61. The highest BCUT2D eigenvalue weighted by atomic mass is 35.5. The molecule has 0 spiro atoms. The fourth-order valence-corrected chi connectivity index (χ4v) is 4.24. The number of carbonyl (C=O) groups excluding carboxylic acids is 2. The third-order valence-electron chi connectivity index (χ3n) is 5.67. The van der Waals surface area contributed by atoms with Gasteiger partial charge in [0.25, 0.3) is 11.8 Å². The molecular formula is C23H25ClN6O4. The van der Waals surface area contributed by atoms with Crippen LogP contribution in [-0.4, -0.2) is 87.4 Å². The fourth-order valence-electron chi connectivity index (χ4n) is 4.06. The van der Waals surface area contributed by atoms with Crippen molar-refractivity contribution in [2.24, 2.45) is 0 Å². The van der Waals surface area contributed by atoms with Crippen LogP contribution in [0, 0.1) is 0 Å². The smallest absolute Gasteiger partial charge is 0.294 e. The Morgan fingerprint density at radius 3 is 2.65 bits per heavy atom. The zero-order valence-electron chi connectivity index (χ0n) is 19.1. The molecule has 0 radical (unpaired) electrons. The molecule has 10 nitrogen and oxygen atoms in total. The van der Waals surface area contributed by atoms with Gasteiger partial charge < -0.3 is 19.3 Å². The maximum Gasteiger partial charge on any atom is 0.294 e. The maximum atomic E-state index is 13.4. The van der Waals surface area contributed by atoms with Crippen molar-refractivity contribution in [1.29, 1.82) is 0 Å². The van der Waals surface area contributed by atoms with Crippen molar-refractivity contribution < 1.29 is 19.1 Å². The first-order valence-electron chi connectivity index (χ1n) is 10.6. The molecule has 1 fully saturated rings. The summed E-state index contributed by atoms with van der Waals surface area (Å²) >= 11 is 6.06. The van der Waals surface area contributed by atoms with E-state index >= 15 is 0 Å². The first-order valence-corrected chi connectivity index (χ1v) is 11.0. The van der Waals surface area contributed by atoms with Gasteiger partial charge in [-0.3, -0.25) is 9.59 Å². The summed E-state index contributed by atoms with van der Waals surface area (Å²) < 4.78 is 12.1.